The normalized spacial score (nSPS) is 17.9. The van der Waals surface area contributed by atoms with Crippen LogP contribution >= 0.6 is 11.6 Å². The fourth-order valence-corrected chi connectivity index (χ4v) is 4.05. The molecule has 0 radical (unpaired) electrons. The van der Waals surface area contributed by atoms with E-state index >= 15 is 0 Å². The van der Waals surface area contributed by atoms with Crippen LogP contribution in [0.3, 0.4) is 0 Å². The average molecular weight is 423 g/mol. The number of rotatable bonds is 11. The zero-order valence-corrected chi connectivity index (χ0v) is 18.0. The molecule has 0 saturated carbocycles. The topological polar surface area (TPSA) is 69.5 Å². The third-order valence-corrected chi connectivity index (χ3v) is 5.59. The first kappa shape index (κ1) is 22.3. The van der Waals surface area contributed by atoms with Crippen LogP contribution in [0.5, 0.6) is 0 Å². The molecule has 2 heterocycles. The molecule has 0 aliphatic carbocycles. The molecule has 3 rings (SSSR count). The summed E-state index contributed by atoms with van der Waals surface area (Å²) in [4.78, 5) is 9.20. The van der Waals surface area contributed by atoms with Gasteiger partial charge >= 0.3 is 0 Å². The Bertz CT molecular complexity index is 914. The Morgan fingerprint density at radius 1 is 1.23 bits per heavy atom. The predicted octanol–water partition coefficient (Wildman–Crippen LogP) is 2.81. The molecule has 3 N–H and O–H groups in total. The van der Waals surface area contributed by atoms with Crippen LogP contribution in [0, 0.1) is 5.41 Å². The summed E-state index contributed by atoms with van der Waals surface area (Å²) in [6.45, 7) is 6.09. The van der Waals surface area contributed by atoms with E-state index in [1.807, 2.05) is 18.2 Å². The molecule has 0 fully saturated rings. The van der Waals surface area contributed by atoms with Crippen LogP contribution in [-0.2, 0) is 6.42 Å². The first-order valence-corrected chi connectivity index (χ1v) is 10.7. The number of aromatic nitrogens is 1. The van der Waals surface area contributed by atoms with Gasteiger partial charge in [0.2, 0.25) is 0 Å². The van der Waals surface area contributed by atoms with E-state index in [0.29, 0.717) is 18.1 Å². The summed E-state index contributed by atoms with van der Waals surface area (Å²) in [5.74, 6) is 0. The molecule has 2 aromatic rings. The minimum atomic E-state index is 0.0905. The van der Waals surface area contributed by atoms with Crippen molar-refractivity contribution in [1.29, 1.82) is 0 Å². The molecule has 1 atom stereocenters. The minimum Gasteiger partial charge on any atom is -0.453 e. The lowest BCUT2D eigenvalue weighted by Crippen LogP contribution is -2.33. The molecule has 0 bridgehead atoms. The monoisotopic (exact) mass is 422 g/mol. The molecule has 1 aliphatic rings. The molecule has 30 heavy (non-hydrogen) atoms. The van der Waals surface area contributed by atoms with Crippen LogP contribution in [0.2, 0.25) is 5.15 Å². The highest BCUT2D eigenvalue weighted by atomic mass is 35.5. The van der Waals surface area contributed by atoms with E-state index in [-0.39, 0.29) is 12.9 Å². The lowest BCUT2D eigenvalue weighted by Gasteiger charge is -2.29. The lowest BCUT2D eigenvalue weighted by atomic mass is 9.76. The maximum atomic E-state index is 9.04. The third-order valence-electron chi connectivity index (χ3n) is 5.38. The van der Waals surface area contributed by atoms with E-state index in [9.17, 15) is 0 Å². The quantitative estimate of drug-likeness (QED) is 0.225. The first-order valence-electron chi connectivity index (χ1n) is 10.3. The molecular weight excluding hydrogens is 395 g/mol. The van der Waals surface area contributed by atoms with Gasteiger partial charge in [-0.1, -0.05) is 54.6 Å². The van der Waals surface area contributed by atoms with Crippen LogP contribution in [-0.4, -0.2) is 49.3 Å². The van der Waals surface area contributed by atoms with Gasteiger partial charge in [0.05, 0.1) is 12.2 Å². The molecular formula is C23H28BClN4O. The number of aliphatic imine (C=N–C) groups is 1. The van der Waals surface area contributed by atoms with Gasteiger partial charge in [0.25, 0.3) is 7.48 Å². The summed E-state index contributed by atoms with van der Waals surface area (Å²) in [5.41, 5.74) is 6.94. The fourth-order valence-electron chi connectivity index (χ4n) is 3.88. The number of hydrogen-bond donors (Lipinski definition) is 3. The number of nitrogens with one attached hydrogen (secondary N) is 2. The summed E-state index contributed by atoms with van der Waals surface area (Å²) in [7, 11) is 0.158. The predicted molar refractivity (Wildman–Crippen MR) is 126 cm³/mol. The summed E-state index contributed by atoms with van der Waals surface area (Å²) < 4.78 is 0. The average Bonchev–Trinajstić information content (AvgIpc) is 3.15. The zero-order valence-electron chi connectivity index (χ0n) is 17.2. The summed E-state index contributed by atoms with van der Waals surface area (Å²) in [6.07, 6.45) is 3.55. The molecule has 156 valence electrons. The number of nitrogens with zero attached hydrogens (tertiary/aromatic N) is 2. The zero-order chi connectivity index (χ0) is 21.2. The van der Waals surface area contributed by atoms with Crippen molar-refractivity contribution in [3.63, 3.8) is 0 Å². The standard InChI is InChI=1S/C23H28BClN4O/c1-2-20(21-9-6-10-22(25)29-21)27-15-19-14-23(16-28-19,11-12-26-17-24-30)13-18-7-4-3-5-8-18/h3-10,24,26-27,30H,1,11-17H2. The second-order valence-electron chi connectivity index (χ2n) is 7.70. The molecule has 1 aromatic heterocycles. The highest BCUT2D eigenvalue weighted by molar-refractivity contribution is 6.29. The van der Waals surface area contributed by atoms with Gasteiger partial charge < -0.3 is 15.7 Å². The first-order chi connectivity index (χ1) is 14.6. The Labute approximate surface area is 184 Å². The number of benzene rings is 1. The van der Waals surface area contributed by atoms with Gasteiger partial charge in [-0.05, 0) is 49.9 Å². The molecule has 1 aromatic carbocycles. The lowest BCUT2D eigenvalue weighted by molar-refractivity contribution is 0.297. The smallest absolute Gasteiger partial charge is 0.284 e. The van der Waals surface area contributed by atoms with Gasteiger partial charge in [-0.3, -0.25) is 4.99 Å². The Balaban J connectivity index is 1.63. The van der Waals surface area contributed by atoms with E-state index in [2.05, 4.69) is 52.2 Å². The van der Waals surface area contributed by atoms with Crippen LogP contribution in [0.4, 0.5) is 0 Å². The van der Waals surface area contributed by atoms with E-state index in [1.54, 1.807) is 6.07 Å². The molecule has 0 amide bonds. The second kappa shape index (κ2) is 11.1. The molecule has 0 spiro atoms. The fraction of sp³-hybridized carbons (Fsp3) is 0.348. The van der Waals surface area contributed by atoms with Gasteiger partial charge in [-0.25, -0.2) is 4.98 Å². The number of hydrogen-bond acceptors (Lipinski definition) is 5. The Hall–Kier alpha value is -2.37. The van der Waals surface area contributed by atoms with E-state index in [0.717, 1.165) is 49.5 Å². The van der Waals surface area contributed by atoms with Crippen molar-refractivity contribution in [2.45, 2.75) is 19.3 Å². The molecule has 7 heteroatoms. The number of halogens is 1. The van der Waals surface area contributed by atoms with Crippen molar-refractivity contribution in [2.24, 2.45) is 10.4 Å². The number of pyridine rings is 1. The molecule has 5 nitrogen and oxygen atoms in total. The van der Waals surface area contributed by atoms with Crippen LogP contribution < -0.4 is 10.6 Å². The largest absolute Gasteiger partial charge is 0.453 e. The van der Waals surface area contributed by atoms with E-state index in [1.165, 1.54) is 5.56 Å². The van der Waals surface area contributed by atoms with Gasteiger partial charge in [-0.2, -0.15) is 0 Å². The van der Waals surface area contributed by atoms with Gasteiger partial charge in [-0.15, -0.1) is 5.73 Å². The van der Waals surface area contributed by atoms with E-state index in [4.69, 9.17) is 21.6 Å². The second-order valence-corrected chi connectivity index (χ2v) is 8.08. The Morgan fingerprint density at radius 2 is 2.07 bits per heavy atom. The summed E-state index contributed by atoms with van der Waals surface area (Å²) in [6, 6.07) is 16.1. The third kappa shape index (κ3) is 6.31. The van der Waals surface area contributed by atoms with Crippen molar-refractivity contribution in [2.75, 3.05) is 26.1 Å². The van der Waals surface area contributed by atoms with Crippen molar-refractivity contribution in [1.82, 2.24) is 15.6 Å². The SMILES string of the molecule is C=C=C(NCC1=NCC(CCNCBO)(Cc2ccccc2)C1)c1cccc(Cl)n1. The van der Waals surface area contributed by atoms with Crippen molar-refractivity contribution in [3.8, 4) is 0 Å². The van der Waals surface area contributed by atoms with Crippen LogP contribution in [0.25, 0.3) is 5.70 Å². The Kier molecular flexibility index (Phi) is 8.29. The van der Waals surface area contributed by atoms with Crippen LogP contribution in [0.1, 0.15) is 24.1 Å². The maximum Gasteiger partial charge on any atom is 0.284 e. The summed E-state index contributed by atoms with van der Waals surface area (Å²) in [5, 5.41) is 16.2. The van der Waals surface area contributed by atoms with Gasteiger partial charge in [0.1, 0.15) is 10.9 Å². The van der Waals surface area contributed by atoms with E-state index < -0.39 is 0 Å². The van der Waals surface area contributed by atoms with Crippen molar-refractivity contribution >= 4 is 30.5 Å². The summed E-state index contributed by atoms with van der Waals surface area (Å²) >= 11 is 6.01. The molecule has 1 aliphatic heterocycles. The maximum absolute atomic E-state index is 9.04. The Morgan fingerprint density at radius 3 is 2.80 bits per heavy atom. The highest BCUT2D eigenvalue weighted by Gasteiger charge is 2.35. The minimum absolute atomic E-state index is 0.0905. The molecule has 1 unspecified atom stereocenters. The van der Waals surface area contributed by atoms with Crippen molar-refractivity contribution < 1.29 is 5.02 Å². The van der Waals surface area contributed by atoms with Gasteiger partial charge in [0.15, 0.2) is 0 Å². The molecule has 0 saturated heterocycles. The van der Waals surface area contributed by atoms with Gasteiger partial charge in [0, 0.05) is 17.7 Å². The van der Waals surface area contributed by atoms with Crippen molar-refractivity contribution in [3.05, 3.63) is 77.3 Å². The van der Waals surface area contributed by atoms with Crippen LogP contribution in [0.15, 0.2) is 65.8 Å². The highest BCUT2D eigenvalue weighted by Crippen LogP contribution is 2.36.